The molecule has 0 saturated carbocycles. The Morgan fingerprint density at radius 1 is 1.21 bits per heavy atom. The van der Waals surface area contributed by atoms with Crippen LogP contribution in [-0.2, 0) is 10.0 Å². The molecule has 2 fully saturated rings. The molecule has 2 aliphatic rings. The van der Waals surface area contributed by atoms with Crippen molar-refractivity contribution >= 4 is 15.9 Å². The van der Waals surface area contributed by atoms with Crippen LogP contribution >= 0.6 is 0 Å². The fourth-order valence-electron chi connectivity index (χ4n) is 4.40. The molecule has 2 N–H and O–H groups in total. The average Bonchev–Trinajstić information content (AvgIpc) is 2.70. The molecule has 3 rings (SSSR count). The van der Waals surface area contributed by atoms with E-state index in [1.54, 1.807) is 27.4 Å². The lowest BCUT2D eigenvalue weighted by atomic mass is 10.0. The second-order valence-electron chi connectivity index (χ2n) is 8.24. The number of likely N-dealkylation sites (tertiary alicyclic amines) is 1. The zero-order valence-electron chi connectivity index (χ0n) is 17.1. The van der Waals surface area contributed by atoms with E-state index < -0.39 is 10.0 Å². The van der Waals surface area contributed by atoms with Gasteiger partial charge in [-0.05, 0) is 44.4 Å². The summed E-state index contributed by atoms with van der Waals surface area (Å²) in [4.78, 5) is 14.5. The van der Waals surface area contributed by atoms with Gasteiger partial charge in [0.05, 0.1) is 24.5 Å². The molecule has 1 atom stereocenters. The predicted octanol–water partition coefficient (Wildman–Crippen LogP) is 1.44. The number of benzene rings is 1. The van der Waals surface area contributed by atoms with Crippen LogP contribution in [0.4, 0.5) is 0 Å². The van der Waals surface area contributed by atoms with Gasteiger partial charge in [0.15, 0.2) is 0 Å². The average molecular weight is 409 g/mol. The number of nitrogens with one attached hydrogen (secondary N) is 2. The van der Waals surface area contributed by atoms with Crippen LogP contribution in [0.15, 0.2) is 29.2 Å². The maximum Gasteiger partial charge on any atom is 0.251 e. The molecule has 2 saturated heterocycles. The third-order valence-corrected chi connectivity index (χ3v) is 8.09. The third kappa shape index (κ3) is 4.93. The van der Waals surface area contributed by atoms with Gasteiger partial charge in [0.2, 0.25) is 10.0 Å². The Balaban J connectivity index is 1.66. The Morgan fingerprint density at radius 2 is 1.96 bits per heavy atom. The smallest absolute Gasteiger partial charge is 0.251 e. The van der Waals surface area contributed by atoms with Crippen molar-refractivity contribution in [3.63, 3.8) is 0 Å². The molecular weight excluding hydrogens is 374 g/mol. The van der Waals surface area contributed by atoms with Crippen molar-refractivity contribution in [2.45, 2.75) is 69.4 Å². The van der Waals surface area contributed by atoms with E-state index in [4.69, 9.17) is 0 Å². The highest BCUT2D eigenvalue weighted by molar-refractivity contribution is 7.89. The van der Waals surface area contributed by atoms with E-state index in [2.05, 4.69) is 12.2 Å². The lowest BCUT2D eigenvalue weighted by Gasteiger charge is -2.32. The molecule has 0 unspecified atom stereocenters. The molecule has 1 aromatic rings. The van der Waals surface area contributed by atoms with Gasteiger partial charge in [0, 0.05) is 37.0 Å². The maximum absolute atomic E-state index is 13.1. The first-order valence-corrected chi connectivity index (χ1v) is 12.1. The quantitative estimate of drug-likeness (QED) is 0.748. The Morgan fingerprint density at radius 3 is 2.64 bits per heavy atom. The number of rotatable bonds is 6. The summed E-state index contributed by atoms with van der Waals surface area (Å²) in [6.45, 7) is 8.07. The van der Waals surface area contributed by atoms with Crippen molar-refractivity contribution in [3.8, 4) is 0 Å². The van der Waals surface area contributed by atoms with E-state index in [1.165, 1.54) is 19.0 Å². The van der Waals surface area contributed by atoms with E-state index in [0.717, 1.165) is 45.2 Å². The molecular formula is C21H34N3O3S+. The molecule has 0 spiro atoms. The van der Waals surface area contributed by atoms with Crippen molar-refractivity contribution in [2.24, 2.45) is 0 Å². The van der Waals surface area contributed by atoms with Gasteiger partial charge in [-0.1, -0.05) is 19.4 Å². The van der Waals surface area contributed by atoms with Gasteiger partial charge in [-0.15, -0.1) is 0 Å². The molecule has 0 bridgehead atoms. The summed E-state index contributed by atoms with van der Waals surface area (Å²) >= 11 is 0. The minimum Gasteiger partial charge on any atom is -0.349 e. The van der Waals surface area contributed by atoms with Crippen molar-refractivity contribution in [1.82, 2.24) is 9.62 Å². The van der Waals surface area contributed by atoms with E-state index in [0.29, 0.717) is 12.1 Å². The van der Waals surface area contributed by atoms with Crippen molar-refractivity contribution in [2.75, 3.05) is 26.2 Å². The summed E-state index contributed by atoms with van der Waals surface area (Å²) in [6.07, 6.45) is 5.98. The summed E-state index contributed by atoms with van der Waals surface area (Å²) in [6, 6.07) is 6.68. The topological polar surface area (TPSA) is 70.9 Å². The molecule has 2 aliphatic heterocycles. The SMILES string of the molecule is CCC[NH+]1CCC(NC(=O)c2cccc(S(=O)(=O)N3CCCC[C@H]3C)c2)CC1. The number of nitrogens with zero attached hydrogens (tertiary/aromatic N) is 1. The number of hydrogen-bond acceptors (Lipinski definition) is 3. The monoisotopic (exact) mass is 408 g/mol. The summed E-state index contributed by atoms with van der Waals surface area (Å²) in [5.74, 6) is -0.173. The number of carbonyl (C=O) groups is 1. The lowest BCUT2D eigenvalue weighted by Crippen LogP contribution is -3.13. The molecule has 0 aromatic heterocycles. The highest BCUT2D eigenvalue weighted by atomic mass is 32.2. The Kier molecular flexibility index (Phi) is 7.12. The number of sulfonamides is 1. The fourth-order valence-corrected chi connectivity index (χ4v) is 6.15. The van der Waals surface area contributed by atoms with E-state index in [-0.39, 0.29) is 22.9 Å². The minimum atomic E-state index is -3.56. The van der Waals surface area contributed by atoms with Crippen molar-refractivity contribution in [1.29, 1.82) is 0 Å². The molecule has 2 heterocycles. The normalized spacial score (nSPS) is 26.7. The third-order valence-electron chi connectivity index (χ3n) is 6.08. The largest absolute Gasteiger partial charge is 0.349 e. The minimum absolute atomic E-state index is 0.00652. The van der Waals surface area contributed by atoms with E-state index in [1.807, 2.05) is 6.92 Å². The molecule has 28 heavy (non-hydrogen) atoms. The Bertz CT molecular complexity index is 773. The van der Waals surface area contributed by atoms with Gasteiger partial charge in [0.1, 0.15) is 0 Å². The van der Waals surface area contributed by atoms with Crippen LogP contribution in [-0.4, -0.2) is 56.9 Å². The standard InChI is InChI=1S/C21H33N3O3S/c1-3-12-23-14-10-19(11-15-23)22-21(25)18-8-6-9-20(16-18)28(26,27)24-13-5-4-7-17(24)2/h6,8-9,16-17,19H,3-5,7,10-15H2,1-2H3,(H,22,25)/p+1/t17-/m1/s1. The number of hydrogen-bond donors (Lipinski definition) is 2. The molecule has 156 valence electrons. The van der Waals surface area contributed by atoms with Crippen molar-refractivity contribution in [3.05, 3.63) is 29.8 Å². The Hall–Kier alpha value is -1.44. The second kappa shape index (κ2) is 9.37. The van der Waals surface area contributed by atoms with Crippen LogP contribution in [0.5, 0.6) is 0 Å². The summed E-state index contributed by atoms with van der Waals surface area (Å²) in [5, 5.41) is 3.10. The summed E-state index contributed by atoms with van der Waals surface area (Å²) in [7, 11) is -3.56. The van der Waals surface area contributed by atoms with Gasteiger partial charge in [-0.25, -0.2) is 8.42 Å². The molecule has 0 radical (unpaired) electrons. The highest BCUT2D eigenvalue weighted by Crippen LogP contribution is 2.25. The van der Waals surface area contributed by atoms with E-state index in [9.17, 15) is 13.2 Å². The van der Waals surface area contributed by atoms with Crippen LogP contribution < -0.4 is 10.2 Å². The van der Waals surface area contributed by atoms with Crippen LogP contribution in [0.2, 0.25) is 0 Å². The van der Waals surface area contributed by atoms with Gasteiger partial charge < -0.3 is 10.2 Å². The maximum atomic E-state index is 13.1. The fraction of sp³-hybridized carbons (Fsp3) is 0.667. The predicted molar refractivity (Wildman–Crippen MR) is 110 cm³/mol. The van der Waals surface area contributed by atoms with Gasteiger partial charge >= 0.3 is 0 Å². The molecule has 7 heteroatoms. The Labute approximate surface area is 169 Å². The van der Waals surface area contributed by atoms with Gasteiger partial charge in [-0.3, -0.25) is 4.79 Å². The first-order chi connectivity index (χ1) is 13.4. The van der Waals surface area contributed by atoms with Gasteiger partial charge in [0.25, 0.3) is 5.91 Å². The van der Waals surface area contributed by atoms with E-state index >= 15 is 0 Å². The van der Waals surface area contributed by atoms with Crippen LogP contribution in [0.25, 0.3) is 0 Å². The molecule has 1 amide bonds. The molecule has 0 aliphatic carbocycles. The van der Waals surface area contributed by atoms with Crippen LogP contribution in [0.3, 0.4) is 0 Å². The first-order valence-electron chi connectivity index (χ1n) is 10.7. The lowest BCUT2D eigenvalue weighted by molar-refractivity contribution is -0.905. The number of piperidine rings is 2. The molecule has 1 aromatic carbocycles. The zero-order valence-corrected chi connectivity index (χ0v) is 17.9. The van der Waals surface area contributed by atoms with Crippen molar-refractivity contribution < 1.29 is 18.1 Å². The second-order valence-corrected chi connectivity index (χ2v) is 10.1. The number of amides is 1. The molecule has 6 nitrogen and oxygen atoms in total. The zero-order chi connectivity index (χ0) is 20.1. The van der Waals surface area contributed by atoms with Crippen LogP contribution in [0, 0.1) is 0 Å². The van der Waals surface area contributed by atoms with Crippen LogP contribution in [0.1, 0.15) is 62.7 Å². The number of carbonyl (C=O) groups excluding carboxylic acids is 1. The summed E-state index contributed by atoms with van der Waals surface area (Å²) < 4.78 is 27.7. The van der Waals surface area contributed by atoms with Gasteiger partial charge in [-0.2, -0.15) is 4.31 Å². The highest BCUT2D eigenvalue weighted by Gasteiger charge is 2.31. The summed E-state index contributed by atoms with van der Waals surface area (Å²) in [5.41, 5.74) is 0.425. The number of quaternary nitrogens is 1. The first kappa shape index (κ1) is 21.3.